The number of carbonyl (C=O) groups is 1. The van der Waals surface area contributed by atoms with E-state index in [0.717, 1.165) is 26.4 Å². The Balaban J connectivity index is 1.39. The second-order valence-electron chi connectivity index (χ2n) is 8.49. The van der Waals surface area contributed by atoms with Crippen molar-refractivity contribution in [2.75, 3.05) is 6.61 Å². The molecule has 35 heavy (non-hydrogen) atoms. The van der Waals surface area contributed by atoms with Gasteiger partial charge in [-0.1, -0.05) is 53.6 Å². The lowest BCUT2D eigenvalue weighted by Gasteiger charge is -2.11. The number of aromatic nitrogens is 1. The number of hydrogen-bond acceptors (Lipinski definition) is 5. The third kappa shape index (κ3) is 6.18. The fourth-order valence-corrected chi connectivity index (χ4v) is 4.99. The summed E-state index contributed by atoms with van der Waals surface area (Å²) in [5.41, 5.74) is 2.67. The van der Waals surface area contributed by atoms with Gasteiger partial charge in [-0.25, -0.2) is 0 Å². The SMILES string of the molecule is Cc1cccc(C(O)CCOCc2cc3c(=O)c(C(=O)NCc4ccc(Cl)cc4)cn(C)c3s2)c1. The lowest BCUT2D eigenvalue weighted by atomic mass is 10.0. The van der Waals surface area contributed by atoms with Gasteiger partial charge in [-0.05, 0) is 36.2 Å². The molecule has 2 heterocycles. The maximum absolute atomic E-state index is 13.0. The predicted octanol–water partition coefficient (Wildman–Crippen LogP) is 5.13. The number of aliphatic hydroxyl groups is 1. The minimum absolute atomic E-state index is 0.0977. The van der Waals surface area contributed by atoms with E-state index in [-0.39, 0.29) is 11.0 Å². The largest absolute Gasteiger partial charge is 0.388 e. The lowest BCUT2D eigenvalue weighted by molar-refractivity contribution is 0.0745. The second-order valence-corrected chi connectivity index (χ2v) is 10.0. The number of amides is 1. The van der Waals surface area contributed by atoms with Crippen molar-refractivity contribution in [3.63, 3.8) is 0 Å². The summed E-state index contributed by atoms with van der Waals surface area (Å²) in [4.78, 5) is 27.4. The van der Waals surface area contributed by atoms with Gasteiger partial charge in [0.1, 0.15) is 10.4 Å². The number of nitrogens with one attached hydrogen (secondary N) is 1. The number of halogens is 1. The molecule has 2 aromatic carbocycles. The van der Waals surface area contributed by atoms with Gasteiger partial charge in [-0.3, -0.25) is 9.59 Å². The van der Waals surface area contributed by atoms with E-state index in [1.807, 2.05) is 50.4 Å². The van der Waals surface area contributed by atoms with E-state index < -0.39 is 12.0 Å². The molecular weight excluding hydrogens is 484 g/mol. The highest BCUT2D eigenvalue weighted by Crippen LogP contribution is 2.25. The average Bonchev–Trinajstić information content (AvgIpc) is 3.28. The number of hydrogen-bond donors (Lipinski definition) is 2. The van der Waals surface area contributed by atoms with Crippen LogP contribution in [0.4, 0.5) is 0 Å². The Hall–Kier alpha value is -2.97. The van der Waals surface area contributed by atoms with Gasteiger partial charge < -0.3 is 19.7 Å². The van der Waals surface area contributed by atoms with E-state index in [4.69, 9.17) is 16.3 Å². The van der Waals surface area contributed by atoms with Crippen LogP contribution in [0.1, 0.15) is 44.5 Å². The van der Waals surface area contributed by atoms with Gasteiger partial charge in [0.05, 0.1) is 18.1 Å². The van der Waals surface area contributed by atoms with Crippen molar-refractivity contribution in [2.45, 2.75) is 32.6 Å². The normalized spacial score (nSPS) is 12.1. The number of ether oxygens (including phenoxy) is 1. The first-order chi connectivity index (χ1) is 16.8. The summed E-state index contributed by atoms with van der Waals surface area (Å²) in [5, 5.41) is 14.3. The van der Waals surface area contributed by atoms with E-state index in [2.05, 4.69) is 5.32 Å². The van der Waals surface area contributed by atoms with Crippen molar-refractivity contribution in [2.24, 2.45) is 7.05 Å². The third-order valence-corrected chi connectivity index (χ3v) is 7.16. The first-order valence-electron chi connectivity index (χ1n) is 11.3. The smallest absolute Gasteiger partial charge is 0.257 e. The van der Waals surface area contributed by atoms with Crippen LogP contribution in [0.2, 0.25) is 5.02 Å². The van der Waals surface area contributed by atoms with Gasteiger partial charge in [0.25, 0.3) is 5.91 Å². The Morgan fingerprint density at radius 2 is 1.97 bits per heavy atom. The molecule has 4 rings (SSSR count). The van der Waals surface area contributed by atoms with Gasteiger partial charge in [0, 0.05) is 42.7 Å². The molecule has 0 bridgehead atoms. The van der Waals surface area contributed by atoms with Crippen molar-refractivity contribution in [1.82, 2.24) is 9.88 Å². The molecule has 0 aliphatic heterocycles. The summed E-state index contributed by atoms with van der Waals surface area (Å²) in [6, 6.07) is 16.8. The number of carbonyl (C=O) groups excluding carboxylic acids is 1. The highest BCUT2D eigenvalue weighted by molar-refractivity contribution is 7.18. The Kier molecular flexibility index (Phi) is 8.03. The minimum Gasteiger partial charge on any atom is -0.388 e. The lowest BCUT2D eigenvalue weighted by Crippen LogP contribution is -2.29. The molecule has 1 amide bonds. The Morgan fingerprint density at radius 1 is 1.20 bits per heavy atom. The van der Waals surface area contributed by atoms with Gasteiger partial charge >= 0.3 is 0 Å². The van der Waals surface area contributed by atoms with Gasteiger partial charge in [-0.2, -0.15) is 0 Å². The fourth-order valence-electron chi connectivity index (χ4n) is 3.84. The van der Waals surface area contributed by atoms with Crippen LogP contribution in [-0.2, 0) is 24.9 Å². The topological polar surface area (TPSA) is 80.6 Å². The molecule has 8 heteroatoms. The van der Waals surface area contributed by atoms with Gasteiger partial charge in [0.2, 0.25) is 5.43 Å². The van der Waals surface area contributed by atoms with E-state index in [1.165, 1.54) is 11.3 Å². The van der Waals surface area contributed by atoms with E-state index >= 15 is 0 Å². The molecule has 1 unspecified atom stereocenters. The molecular formula is C27H27ClN2O4S. The number of fused-ring (bicyclic) bond motifs is 1. The van der Waals surface area contributed by atoms with Crippen molar-refractivity contribution < 1.29 is 14.6 Å². The number of nitrogens with zero attached hydrogens (tertiary/aromatic N) is 1. The van der Waals surface area contributed by atoms with Crippen molar-refractivity contribution >= 4 is 39.1 Å². The van der Waals surface area contributed by atoms with Crippen LogP contribution in [0.15, 0.2) is 65.6 Å². The van der Waals surface area contributed by atoms with E-state index in [0.29, 0.717) is 36.6 Å². The molecule has 0 fully saturated rings. The molecule has 182 valence electrons. The molecule has 0 radical (unpaired) electrons. The molecule has 0 aliphatic carbocycles. The number of rotatable bonds is 9. The van der Waals surface area contributed by atoms with Crippen LogP contribution in [-0.4, -0.2) is 22.2 Å². The van der Waals surface area contributed by atoms with Crippen LogP contribution in [0.5, 0.6) is 0 Å². The Morgan fingerprint density at radius 3 is 2.71 bits per heavy atom. The maximum atomic E-state index is 13.0. The quantitative estimate of drug-likeness (QED) is 0.306. The van der Waals surface area contributed by atoms with Crippen molar-refractivity contribution in [1.29, 1.82) is 0 Å². The summed E-state index contributed by atoms with van der Waals surface area (Å²) < 4.78 is 7.57. The Labute approximate surface area is 212 Å². The van der Waals surface area contributed by atoms with Crippen LogP contribution in [0, 0.1) is 6.92 Å². The highest BCUT2D eigenvalue weighted by atomic mass is 35.5. The number of aliphatic hydroxyl groups excluding tert-OH is 1. The van der Waals surface area contributed by atoms with E-state index in [9.17, 15) is 14.7 Å². The molecule has 0 aliphatic rings. The second kappa shape index (κ2) is 11.2. The zero-order valence-electron chi connectivity index (χ0n) is 19.6. The summed E-state index contributed by atoms with van der Waals surface area (Å²) in [5.74, 6) is -0.420. The zero-order chi connectivity index (χ0) is 24.9. The van der Waals surface area contributed by atoms with Crippen LogP contribution in [0.25, 0.3) is 10.2 Å². The molecule has 0 saturated carbocycles. The predicted molar refractivity (Wildman–Crippen MR) is 140 cm³/mol. The molecule has 0 saturated heterocycles. The molecule has 0 spiro atoms. The van der Waals surface area contributed by atoms with Gasteiger partial charge in [-0.15, -0.1) is 11.3 Å². The maximum Gasteiger partial charge on any atom is 0.257 e. The fraction of sp³-hybridized carbons (Fsp3) is 0.259. The molecule has 2 N–H and O–H groups in total. The average molecular weight is 511 g/mol. The van der Waals surface area contributed by atoms with Crippen molar-refractivity contribution in [3.8, 4) is 0 Å². The number of aryl methyl sites for hydroxylation is 2. The number of pyridine rings is 1. The molecule has 4 aromatic rings. The minimum atomic E-state index is -0.586. The number of thiophene rings is 1. The molecule has 1 atom stereocenters. The summed E-state index contributed by atoms with van der Waals surface area (Å²) in [6.07, 6.45) is 1.46. The number of benzene rings is 2. The van der Waals surface area contributed by atoms with E-state index in [1.54, 1.807) is 29.0 Å². The molecule has 2 aromatic heterocycles. The first kappa shape index (κ1) is 25.1. The monoisotopic (exact) mass is 510 g/mol. The summed E-state index contributed by atoms with van der Waals surface area (Å²) in [7, 11) is 1.82. The third-order valence-electron chi connectivity index (χ3n) is 5.71. The molecule has 6 nitrogen and oxygen atoms in total. The standard InChI is InChI=1S/C27H27ClN2O4S/c1-17-4-3-5-19(12-17)24(31)10-11-34-16-21-13-22-25(32)23(15-30(2)27(22)35-21)26(33)29-14-18-6-8-20(28)9-7-18/h3-9,12-13,15,24,31H,10-11,14,16H2,1-2H3,(H,29,33). The van der Waals surface area contributed by atoms with Crippen LogP contribution < -0.4 is 10.7 Å². The first-order valence-corrected chi connectivity index (χ1v) is 12.5. The van der Waals surface area contributed by atoms with Crippen LogP contribution >= 0.6 is 22.9 Å². The van der Waals surface area contributed by atoms with Gasteiger partial charge in [0.15, 0.2) is 0 Å². The zero-order valence-corrected chi connectivity index (χ0v) is 21.2. The van der Waals surface area contributed by atoms with Crippen LogP contribution in [0.3, 0.4) is 0 Å². The summed E-state index contributed by atoms with van der Waals surface area (Å²) in [6.45, 7) is 3.01. The Bertz CT molecular complexity index is 1390. The summed E-state index contributed by atoms with van der Waals surface area (Å²) >= 11 is 7.36. The highest BCUT2D eigenvalue weighted by Gasteiger charge is 2.17. The van der Waals surface area contributed by atoms with Crippen molar-refractivity contribution in [3.05, 3.63) is 103 Å².